The quantitative estimate of drug-likeness (QED) is 0.186. The summed E-state index contributed by atoms with van der Waals surface area (Å²) in [6.07, 6.45) is -9.50. The Bertz CT molecular complexity index is 1950. The molecule has 3 amide bonds. The van der Waals surface area contributed by atoms with Crippen molar-refractivity contribution in [3.8, 4) is 5.75 Å². The number of carbonyl (C=O) groups is 3. The Labute approximate surface area is 269 Å². The number of para-hydroxylation sites is 1. The Morgan fingerprint density at radius 2 is 1.60 bits per heavy atom. The molecule has 3 aromatic carbocycles. The van der Waals surface area contributed by atoms with Crippen molar-refractivity contribution in [1.82, 2.24) is 4.57 Å². The average molecular weight is 694 g/mol. The lowest BCUT2D eigenvalue weighted by Crippen LogP contribution is -2.33. The Morgan fingerprint density at radius 1 is 0.894 bits per heavy atom. The van der Waals surface area contributed by atoms with Gasteiger partial charge in [-0.25, -0.2) is 4.90 Å². The molecule has 0 radical (unpaired) electrons. The number of nitrogens with one attached hydrogen (secondary N) is 1. The van der Waals surface area contributed by atoms with E-state index in [1.807, 2.05) is 0 Å². The number of fused-ring (bicyclic) bond motifs is 2. The van der Waals surface area contributed by atoms with Crippen LogP contribution in [-0.4, -0.2) is 34.6 Å². The molecule has 1 saturated heterocycles. The van der Waals surface area contributed by atoms with Crippen LogP contribution in [0.4, 0.5) is 37.7 Å². The van der Waals surface area contributed by atoms with Gasteiger partial charge in [0.1, 0.15) is 17.5 Å². The number of imide groups is 1. The molecule has 6 rings (SSSR count). The fourth-order valence-electron chi connectivity index (χ4n) is 5.67. The number of hydrogen-bond donors (Lipinski definition) is 1. The number of carbonyl (C=O) groups excluding carboxylic acids is 3. The van der Waals surface area contributed by atoms with E-state index in [2.05, 4.69) is 5.32 Å². The molecule has 0 aliphatic carbocycles. The van der Waals surface area contributed by atoms with E-state index in [4.69, 9.17) is 4.74 Å². The first kappa shape index (κ1) is 32.4. The fraction of sp³-hybridized carbons (Fsp3) is 0.226. The highest BCUT2D eigenvalue weighted by Gasteiger charge is 2.57. The smallest absolute Gasteiger partial charge is 0.418 e. The van der Waals surface area contributed by atoms with Gasteiger partial charge in [0, 0.05) is 10.8 Å². The lowest BCUT2D eigenvalue weighted by Gasteiger charge is -2.30. The molecule has 16 heteroatoms. The first-order valence-electron chi connectivity index (χ1n) is 13.7. The lowest BCUT2D eigenvalue weighted by molar-refractivity contribution is -0.138. The maximum Gasteiger partial charge on any atom is 0.418 e. The predicted octanol–water partition coefficient (Wildman–Crippen LogP) is 6.39. The normalized spacial score (nSPS) is 19.4. The number of rotatable bonds is 6. The van der Waals surface area contributed by atoms with Crippen molar-refractivity contribution in [2.75, 3.05) is 17.3 Å². The number of halogens is 6. The third-order valence-corrected chi connectivity index (χ3v) is 10.4. The first-order valence-corrected chi connectivity index (χ1v) is 15.4. The number of anilines is 2. The van der Waals surface area contributed by atoms with Crippen molar-refractivity contribution in [2.24, 2.45) is 5.92 Å². The van der Waals surface area contributed by atoms with Crippen molar-refractivity contribution in [2.45, 2.75) is 35.1 Å². The van der Waals surface area contributed by atoms with E-state index in [-0.39, 0.29) is 10.7 Å². The molecule has 3 atom stereocenters. The van der Waals surface area contributed by atoms with Crippen molar-refractivity contribution in [3.63, 3.8) is 0 Å². The van der Waals surface area contributed by atoms with E-state index in [1.165, 1.54) is 19.2 Å². The number of thioether (sulfide) groups is 1. The number of hydrogen-bond acceptors (Lipinski definition) is 7. The Hall–Kier alpha value is -4.57. The molecule has 1 aromatic heterocycles. The molecule has 0 bridgehead atoms. The van der Waals surface area contributed by atoms with Gasteiger partial charge in [-0.15, -0.1) is 0 Å². The molecular formula is C31H21F6N3O5S2. The summed E-state index contributed by atoms with van der Waals surface area (Å²) >= 11 is 1.52. The van der Waals surface area contributed by atoms with Gasteiger partial charge in [-0.1, -0.05) is 53.4 Å². The van der Waals surface area contributed by atoms with Gasteiger partial charge in [0.05, 0.1) is 40.6 Å². The van der Waals surface area contributed by atoms with Crippen molar-refractivity contribution >= 4 is 52.2 Å². The Balaban J connectivity index is 1.40. The fourth-order valence-corrected chi connectivity index (χ4v) is 8.45. The van der Waals surface area contributed by atoms with Gasteiger partial charge >= 0.3 is 17.2 Å². The number of ether oxygens (including phenoxy) is 1. The molecule has 0 spiro atoms. The number of nitrogens with zero attached hydrogens (tertiary/aromatic N) is 2. The van der Waals surface area contributed by atoms with E-state index in [0.717, 1.165) is 46.7 Å². The van der Waals surface area contributed by atoms with Gasteiger partial charge in [0.15, 0.2) is 0 Å². The van der Waals surface area contributed by atoms with E-state index in [9.17, 15) is 45.5 Å². The predicted molar refractivity (Wildman–Crippen MR) is 161 cm³/mol. The van der Waals surface area contributed by atoms with Gasteiger partial charge in [0.25, 0.3) is 0 Å². The molecule has 2 unspecified atom stereocenters. The monoisotopic (exact) mass is 693 g/mol. The third kappa shape index (κ3) is 5.91. The van der Waals surface area contributed by atoms with Gasteiger partial charge < -0.3 is 10.1 Å². The zero-order valence-electron chi connectivity index (χ0n) is 23.9. The van der Waals surface area contributed by atoms with Gasteiger partial charge in [0.2, 0.25) is 17.7 Å². The number of amides is 3. The van der Waals surface area contributed by atoms with Crippen LogP contribution in [0.1, 0.15) is 27.5 Å². The van der Waals surface area contributed by atoms with Crippen LogP contribution in [-0.2, 0) is 33.3 Å². The number of thiazole rings is 1. The van der Waals surface area contributed by atoms with Crippen LogP contribution >= 0.6 is 23.1 Å². The van der Waals surface area contributed by atoms with E-state index in [0.29, 0.717) is 38.5 Å². The van der Waals surface area contributed by atoms with Crippen LogP contribution < -0.4 is 19.8 Å². The summed E-state index contributed by atoms with van der Waals surface area (Å²) in [5.74, 6) is -4.14. The molecule has 47 heavy (non-hydrogen) atoms. The topological polar surface area (TPSA) is 97.7 Å². The maximum atomic E-state index is 14.0. The molecule has 0 saturated carbocycles. The lowest BCUT2D eigenvalue weighted by atomic mass is 9.83. The summed E-state index contributed by atoms with van der Waals surface area (Å²) in [6.45, 7) is -0.712. The highest BCUT2D eigenvalue weighted by Crippen LogP contribution is 2.54. The number of methoxy groups -OCH3 is 1. The van der Waals surface area contributed by atoms with Crippen LogP contribution in [0.5, 0.6) is 5.75 Å². The molecule has 1 fully saturated rings. The summed E-state index contributed by atoms with van der Waals surface area (Å²) in [6, 6.07) is 14.6. The second kappa shape index (κ2) is 11.9. The maximum absolute atomic E-state index is 14.0. The minimum Gasteiger partial charge on any atom is -0.497 e. The summed E-state index contributed by atoms with van der Waals surface area (Å²) in [5.41, 5.74) is -2.45. The zero-order chi connectivity index (χ0) is 33.8. The van der Waals surface area contributed by atoms with Crippen molar-refractivity contribution in [3.05, 3.63) is 104 Å². The second-order valence-corrected chi connectivity index (χ2v) is 12.7. The van der Waals surface area contributed by atoms with Crippen LogP contribution in [0, 0.1) is 5.92 Å². The van der Waals surface area contributed by atoms with Gasteiger partial charge in [-0.2, -0.15) is 26.3 Å². The molecule has 2 aliphatic rings. The number of benzene rings is 3. The minimum atomic E-state index is -4.76. The third-order valence-electron chi connectivity index (χ3n) is 7.76. The van der Waals surface area contributed by atoms with E-state index in [1.54, 1.807) is 24.3 Å². The Morgan fingerprint density at radius 3 is 2.26 bits per heavy atom. The van der Waals surface area contributed by atoms with Gasteiger partial charge in [-0.05, 0) is 48.0 Å². The molecule has 244 valence electrons. The molecule has 8 nitrogen and oxygen atoms in total. The minimum absolute atomic E-state index is 0.147. The Kier molecular flexibility index (Phi) is 8.20. The number of alkyl halides is 6. The van der Waals surface area contributed by atoms with Crippen LogP contribution in [0.25, 0.3) is 0 Å². The zero-order valence-corrected chi connectivity index (χ0v) is 25.5. The summed E-state index contributed by atoms with van der Waals surface area (Å²) < 4.78 is 87.3. The molecular weight excluding hydrogens is 672 g/mol. The highest BCUT2D eigenvalue weighted by molar-refractivity contribution is 8.00. The molecule has 1 N–H and O–H groups in total. The van der Waals surface area contributed by atoms with E-state index < -0.39 is 75.4 Å². The molecule has 3 heterocycles. The molecule has 2 aliphatic heterocycles. The van der Waals surface area contributed by atoms with Crippen LogP contribution in [0.15, 0.2) is 82.6 Å². The largest absolute Gasteiger partial charge is 0.497 e. The first-order chi connectivity index (χ1) is 22.2. The summed E-state index contributed by atoms with van der Waals surface area (Å²) in [5, 5.41) is 1.14. The SMILES string of the molecule is COc1ccc([C@H]2c3sc(=O)n(CC(=O)Nc4ccccc4C(F)(F)F)c3SC3C(=O)N(c4cccc(C(F)(F)F)c4)C(=O)C32)cc1. The summed E-state index contributed by atoms with van der Waals surface area (Å²) in [7, 11) is 1.44. The van der Waals surface area contributed by atoms with Crippen LogP contribution in [0.3, 0.4) is 0 Å². The average Bonchev–Trinajstić information content (AvgIpc) is 3.46. The van der Waals surface area contributed by atoms with Crippen molar-refractivity contribution < 1.29 is 45.5 Å². The highest BCUT2D eigenvalue weighted by atomic mass is 32.2. The van der Waals surface area contributed by atoms with Crippen molar-refractivity contribution in [1.29, 1.82) is 0 Å². The van der Waals surface area contributed by atoms with Gasteiger partial charge in [-0.3, -0.25) is 23.7 Å². The van der Waals surface area contributed by atoms with E-state index >= 15 is 0 Å². The standard InChI is InChI=1S/C31H21F6N3O5S2/c1-45-18-11-9-15(10-12-18)22-23-24(27(43)40(26(23)42)17-6-4-5-16(13-17)30(32,33)34)46-28-25(22)47-29(44)39(28)14-21(41)38-20-8-3-2-7-19(20)31(35,36)37/h2-13,22-24H,14H2,1H3,(H,38,41)/t22-,23?,24?/m1/s1. The molecule has 4 aromatic rings. The number of aromatic nitrogens is 1. The second-order valence-electron chi connectivity index (χ2n) is 10.6. The van der Waals surface area contributed by atoms with Crippen LogP contribution in [0.2, 0.25) is 0 Å². The summed E-state index contributed by atoms with van der Waals surface area (Å²) in [4.78, 5) is 54.5.